The zero-order chi connectivity index (χ0) is 10.4. The van der Waals surface area contributed by atoms with Crippen molar-refractivity contribution in [2.75, 3.05) is 5.32 Å². The summed E-state index contributed by atoms with van der Waals surface area (Å²) in [5, 5.41) is 2.64. The van der Waals surface area contributed by atoms with Crippen molar-refractivity contribution in [3.63, 3.8) is 0 Å². The van der Waals surface area contributed by atoms with E-state index in [4.69, 9.17) is 6.42 Å². The highest BCUT2D eigenvalue weighted by Gasteiger charge is 2.01. The Hall–Kier alpha value is -1.34. The lowest BCUT2D eigenvalue weighted by Crippen LogP contribution is -2.11. The summed E-state index contributed by atoms with van der Waals surface area (Å²) in [5.41, 5.74) is 0. The van der Waals surface area contributed by atoms with Crippen LogP contribution in [0.4, 0.5) is 5.82 Å². The van der Waals surface area contributed by atoms with Crippen LogP contribution in [0.15, 0.2) is 22.8 Å². The maximum atomic E-state index is 11.2. The molecule has 0 aliphatic rings. The third kappa shape index (κ3) is 3.58. The minimum Gasteiger partial charge on any atom is -0.311 e. The Balaban J connectivity index is 2.53. The highest BCUT2D eigenvalue weighted by atomic mass is 79.9. The molecule has 3 nitrogen and oxygen atoms in total. The number of hydrogen-bond acceptors (Lipinski definition) is 2. The second kappa shape index (κ2) is 5.40. The molecule has 0 fully saturated rings. The summed E-state index contributed by atoms with van der Waals surface area (Å²) in [6.07, 6.45) is 7.42. The molecule has 0 radical (unpaired) electrons. The fourth-order valence-corrected chi connectivity index (χ4v) is 1.20. The molecule has 0 bridgehead atoms. The quantitative estimate of drug-likeness (QED) is 0.839. The van der Waals surface area contributed by atoms with E-state index in [9.17, 15) is 4.79 Å². The zero-order valence-corrected chi connectivity index (χ0v) is 9.04. The van der Waals surface area contributed by atoms with Gasteiger partial charge in [-0.05, 0) is 12.1 Å². The molecule has 0 atom stereocenters. The summed E-state index contributed by atoms with van der Waals surface area (Å²) < 4.78 is 0.875. The molecule has 14 heavy (non-hydrogen) atoms. The molecule has 0 saturated heterocycles. The monoisotopic (exact) mass is 252 g/mol. The van der Waals surface area contributed by atoms with Crippen LogP contribution >= 0.6 is 15.9 Å². The van der Waals surface area contributed by atoms with E-state index in [0.717, 1.165) is 4.47 Å². The van der Waals surface area contributed by atoms with Gasteiger partial charge in [0.2, 0.25) is 5.91 Å². The van der Waals surface area contributed by atoms with Crippen LogP contribution < -0.4 is 5.32 Å². The average molecular weight is 253 g/mol. The summed E-state index contributed by atoms with van der Waals surface area (Å²) in [4.78, 5) is 15.2. The first-order valence-corrected chi connectivity index (χ1v) is 4.86. The Bertz CT molecular complexity index is 371. The lowest BCUT2D eigenvalue weighted by Gasteiger charge is -2.02. The maximum absolute atomic E-state index is 11.2. The largest absolute Gasteiger partial charge is 0.311 e. The molecule has 1 N–H and O–H groups in total. The number of rotatable bonds is 3. The van der Waals surface area contributed by atoms with Gasteiger partial charge in [-0.3, -0.25) is 4.79 Å². The summed E-state index contributed by atoms with van der Waals surface area (Å²) in [5.74, 6) is 2.82. The number of nitrogens with one attached hydrogen (secondary N) is 1. The van der Waals surface area contributed by atoms with Gasteiger partial charge in [0.05, 0.1) is 0 Å². The van der Waals surface area contributed by atoms with Crippen LogP contribution in [0, 0.1) is 12.3 Å². The van der Waals surface area contributed by atoms with Gasteiger partial charge in [-0.2, -0.15) is 0 Å². The van der Waals surface area contributed by atoms with E-state index in [0.29, 0.717) is 18.7 Å². The zero-order valence-electron chi connectivity index (χ0n) is 7.46. The van der Waals surface area contributed by atoms with E-state index in [-0.39, 0.29) is 5.91 Å². The smallest absolute Gasteiger partial charge is 0.226 e. The highest BCUT2D eigenvalue weighted by Crippen LogP contribution is 2.12. The van der Waals surface area contributed by atoms with Crippen molar-refractivity contribution < 1.29 is 4.79 Å². The third-order valence-electron chi connectivity index (χ3n) is 1.49. The van der Waals surface area contributed by atoms with E-state index in [1.165, 1.54) is 0 Å². The SMILES string of the molecule is C#CCCC(=O)Nc1cc(Br)ccn1. The third-order valence-corrected chi connectivity index (χ3v) is 1.98. The Morgan fingerprint density at radius 2 is 2.50 bits per heavy atom. The predicted octanol–water partition coefficient (Wildman–Crippen LogP) is 2.20. The molecule has 0 aliphatic carbocycles. The number of halogens is 1. The molecule has 1 amide bonds. The molecule has 0 aliphatic heterocycles. The van der Waals surface area contributed by atoms with E-state index >= 15 is 0 Å². The van der Waals surface area contributed by atoms with Crippen LogP contribution in [-0.4, -0.2) is 10.9 Å². The van der Waals surface area contributed by atoms with Gasteiger partial charge in [-0.15, -0.1) is 12.3 Å². The lowest BCUT2D eigenvalue weighted by molar-refractivity contribution is -0.116. The number of nitrogens with zero attached hydrogens (tertiary/aromatic N) is 1. The van der Waals surface area contributed by atoms with Gasteiger partial charge in [0, 0.05) is 23.5 Å². The number of pyridine rings is 1. The fraction of sp³-hybridized carbons (Fsp3) is 0.200. The predicted molar refractivity (Wildman–Crippen MR) is 58.6 cm³/mol. The standard InChI is InChI=1S/C10H9BrN2O/c1-2-3-4-10(14)13-9-7-8(11)5-6-12-9/h1,5-7H,3-4H2,(H,12,13,14). The summed E-state index contributed by atoms with van der Waals surface area (Å²) in [6, 6.07) is 3.52. The van der Waals surface area contributed by atoms with Crippen molar-refractivity contribution in [3.8, 4) is 12.3 Å². The summed E-state index contributed by atoms with van der Waals surface area (Å²) >= 11 is 3.28. The van der Waals surface area contributed by atoms with Crippen LogP contribution in [0.3, 0.4) is 0 Å². The second-order valence-corrected chi connectivity index (χ2v) is 3.53. The summed E-state index contributed by atoms with van der Waals surface area (Å²) in [7, 11) is 0. The number of terminal acetylenes is 1. The topological polar surface area (TPSA) is 42.0 Å². The van der Waals surface area contributed by atoms with Gasteiger partial charge in [-0.25, -0.2) is 4.98 Å². The Morgan fingerprint density at radius 1 is 1.71 bits per heavy atom. The minimum absolute atomic E-state index is 0.117. The number of aromatic nitrogens is 1. The van der Waals surface area contributed by atoms with Crippen LogP contribution in [0.2, 0.25) is 0 Å². The molecule has 72 valence electrons. The van der Waals surface area contributed by atoms with Crippen molar-refractivity contribution in [1.29, 1.82) is 0 Å². The van der Waals surface area contributed by atoms with Gasteiger partial charge in [0.15, 0.2) is 0 Å². The number of anilines is 1. The Labute approximate surface area is 91.1 Å². The van der Waals surface area contributed by atoms with Crippen molar-refractivity contribution in [3.05, 3.63) is 22.8 Å². The first-order chi connectivity index (χ1) is 6.72. The van der Waals surface area contributed by atoms with Gasteiger partial charge in [0.25, 0.3) is 0 Å². The van der Waals surface area contributed by atoms with Crippen molar-refractivity contribution in [1.82, 2.24) is 4.98 Å². The van der Waals surface area contributed by atoms with Crippen molar-refractivity contribution in [2.24, 2.45) is 0 Å². The lowest BCUT2D eigenvalue weighted by atomic mass is 10.3. The van der Waals surface area contributed by atoms with Crippen LogP contribution in [0.1, 0.15) is 12.8 Å². The van der Waals surface area contributed by atoms with Crippen LogP contribution in [-0.2, 0) is 4.79 Å². The Morgan fingerprint density at radius 3 is 3.14 bits per heavy atom. The van der Waals surface area contributed by atoms with Gasteiger partial charge in [-0.1, -0.05) is 15.9 Å². The fourth-order valence-electron chi connectivity index (χ4n) is 0.864. The molecule has 4 heteroatoms. The molecule has 0 unspecified atom stereocenters. The number of carbonyl (C=O) groups excluding carboxylic acids is 1. The first-order valence-electron chi connectivity index (χ1n) is 4.07. The van der Waals surface area contributed by atoms with Crippen molar-refractivity contribution in [2.45, 2.75) is 12.8 Å². The van der Waals surface area contributed by atoms with Gasteiger partial charge in [0.1, 0.15) is 5.82 Å². The molecule has 1 aromatic heterocycles. The van der Waals surface area contributed by atoms with E-state index in [1.54, 1.807) is 18.3 Å². The minimum atomic E-state index is -0.117. The molecule has 0 spiro atoms. The highest BCUT2D eigenvalue weighted by molar-refractivity contribution is 9.10. The second-order valence-electron chi connectivity index (χ2n) is 2.61. The normalized spacial score (nSPS) is 9.14. The van der Waals surface area contributed by atoms with Crippen LogP contribution in [0.25, 0.3) is 0 Å². The number of carbonyl (C=O) groups is 1. The molecule has 1 aromatic rings. The number of hydrogen-bond donors (Lipinski definition) is 1. The van der Waals surface area contributed by atoms with Gasteiger partial charge < -0.3 is 5.32 Å². The summed E-state index contributed by atoms with van der Waals surface area (Å²) in [6.45, 7) is 0. The molecule has 1 rings (SSSR count). The van der Waals surface area contributed by atoms with E-state index < -0.39 is 0 Å². The van der Waals surface area contributed by atoms with E-state index in [1.807, 2.05) is 0 Å². The molecular formula is C10H9BrN2O. The average Bonchev–Trinajstić information content (AvgIpc) is 2.15. The molecule has 0 saturated carbocycles. The van der Waals surface area contributed by atoms with Crippen molar-refractivity contribution >= 4 is 27.7 Å². The first kappa shape index (κ1) is 10.7. The molecular weight excluding hydrogens is 244 g/mol. The van der Waals surface area contributed by atoms with Gasteiger partial charge >= 0.3 is 0 Å². The molecule has 0 aromatic carbocycles. The van der Waals surface area contributed by atoms with Crippen LogP contribution in [0.5, 0.6) is 0 Å². The molecule has 1 heterocycles. The maximum Gasteiger partial charge on any atom is 0.226 e. The Kier molecular flexibility index (Phi) is 4.14. The van der Waals surface area contributed by atoms with E-state index in [2.05, 4.69) is 32.2 Å². The number of amides is 1.